The highest BCUT2D eigenvalue weighted by molar-refractivity contribution is 8.00. The van der Waals surface area contributed by atoms with E-state index in [0.29, 0.717) is 17.0 Å². The van der Waals surface area contributed by atoms with Crippen molar-refractivity contribution in [2.45, 2.75) is 43.3 Å². The molecule has 1 saturated heterocycles. The fourth-order valence-corrected chi connectivity index (χ4v) is 6.28. The zero-order valence-corrected chi connectivity index (χ0v) is 21.9. The van der Waals surface area contributed by atoms with Gasteiger partial charge in [-0.25, -0.2) is 4.57 Å². The fourth-order valence-electron chi connectivity index (χ4n) is 4.51. The van der Waals surface area contributed by atoms with E-state index in [1.807, 2.05) is 0 Å². The number of aromatic nitrogens is 5. The van der Waals surface area contributed by atoms with Crippen LogP contribution < -0.4 is 26.5 Å². The van der Waals surface area contributed by atoms with E-state index in [1.165, 1.54) is 16.3 Å². The van der Waals surface area contributed by atoms with Crippen LogP contribution in [0.1, 0.15) is 25.1 Å². The van der Waals surface area contributed by atoms with Crippen LogP contribution in [0.3, 0.4) is 0 Å². The Labute approximate surface area is 228 Å². The highest BCUT2D eigenvalue weighted by Crippen LogP contribution is 2.40. The number of β-lactam (4-membered cyclic amide) rings is 1. The van der Waals surface area contributed by atoms with E-state index in [9.17, 15) is 19.5 Å². The van der Waals surface area contributed by atoms with Gasteiger partial charge in [-0.3, -0.25) is 14.5 Å². The molecule has 3 aromatic rings. The van der Waals surface area contributed by atoms with Crippen molar-refractivity contribution in [2.75, 3.05) is 17.2 Å². The van der Waals surface area contributed by atoms with Gasteiger partial charge in [0.15, 0.2) is 11.3 Å². The van der Waals surface area contributed by atoms with Crippen molar-refractivity contribution in [3.05, 3.63) is 41.6 Å². The van der Waals surface area contributed by atoms with E-state index < -0.39 is 29.2 Å². The summed E-state index contributed by atoms with van der Waals surface area (Å²) in [6.07, 6.45) is 5.78. The molecular weight excluding hydrogens is 548 g/mol. The molecule has 15 nitrogen and oxygen atoms in total. The maximum Gasteiger partial charge on any atom is 0.309 e. The van der Waals surface area contributed by atoms with E-state index in [4.69, 9.17) is 16.3 Å². The van der Waals surface area contributed by atoms with E-state index in [2.05, 4.69) is 24.9 Å². The van der Waals surface area contributed by atoms with Crippen LogP contribution in [0.4, 0.5) is 10.9 Å². The van der Waals surface area contributed by atoms with Gasteiger partial charge in [-0.05, 0) is 25.3 Å². The molecule has 3 aliphatic rings. The summed E-state index contributed by atoms with van der Waals surface area (Å²) in [5, 5.41) is 22.5. The molecule has 0 bridgehead atoms. The van der Waals surface area contributed by atoms with Gasteiger partial charge in [0.05, 0.1) is 17.9 Å². The molecule has 5 heterocycles. The number of rotatable bonds is 8. The van der Waals surface area contributed by atoms with Crippen LogP contribution in [-0.2, 0) is 25.8 Å². The second kappa shape index (κ2) is 9.81. The SMILES string of the molecule is Nc1nc(/C(=N/OC2CCC2)C(=O)N[C@@H]2C(=O)N3C(C(=O)[O-])=C(C[n+]4cc(N)n5ncccc54)CS[C@H]23)ns1. The summed E-state index contributed by atoms with van der Waals surface area (Å²) in [6, 6.07) is 2.54. The van der Waals surface area contributed by atoms with Gasteiger partial charge in [0.2, 0.25) is 11.5 Å². The number of oxime groups is 1. The lowest BCUT2D eigenvalue weighted by molar-refractivity contribution is -0.662. The number of nitrogen functional groups attached to an aromatic ring is 2. The number of fused-ring (bicyclic) bond motifs is 2. The lowest BCUT2D eigenvalue weighted by atomic mass is 9.97. The summed E-state index contributed by atoms with van der Waals surface area (Å²) in [7, 11) is 0. The van der Waals surface area contributed by atoms with Crippen molar-refractivity contribution in [3.63, 3.8) is 0 Å². The number of anilines is 2. The minimum atomic E-state index is -1.48. The molecule has 0 unspecified atom stereocenters. The Kier molecular flexibility index (Phi) is 6.30. The number of nitrogens with two attached hydrogens (primary N) is 2. The van der Waals surface area contributed by atoms with Crippen LogP contribution >= 0.6 is 23.3 Å². The van der Waals surface area contributed by atoms with Gasteiger partial charge in [-0.2, -0.15) is 9.36 Å². The quantitative estimate of drug-likeness (QED) is 0.117. The smallest absolute Gasteiger partial charge is 0.309 e. The molecule has 2 amide bonds. The number of thioether (sulfide) groups is 1. The fraction of sp³-hybridized carbons (Fsp3) is 0.364. The monoisotopic (exact) mass is 570 g/mol. The van der Waals surface area contributed by atoms with Crippen molar-refractivity contribution in [1.82, 2.24) is 29.2 Å². The first kappa shape index (κ1) is 25.1. The van der Waals surface area contributed by atoms with Crippen LogP contribution in [-0.4, -0.2) is 70.6 Å². The van der Waals surface area contributed by atoms with Crippen molar-refractivity contribution < 1.29 is 28.9 Å². The lowest BCUT2D eigenvalue weighted by Crippen LogP contribution is -2.71. The first-order chi connectivity index (χ1) is 18.8. The van der Waals surface area contributed by atoms with Crippen molar-refractivity contribution in [3.8, 4) is 0 Å². The third-order valence-electron chi connectivity index (χ3n) is 6.66. The number of imidazole rings is 1. The summed E-state index contributed by atoms with van der Waals surface area (Å²) in [5.74, 6) is -2.16. The molecule has 5 N–H and O–H groups in total. The van der Waals surface area contributed by atoms with Crippen molar-refractivity contribution in [1.29, 1.82) is 0 Å². The van der Waals surface area contributed by atoms with Crippen LogP contribution in [0.25, 0.3) is 5.65 Å². The summed E-state index contributed by atoms with van der Waals surface area (Å²) >= 11 is 2.22. The van der Waals surface area contributed by atoms with Gasteiger partial charge in [-0.15, -0.1) is 11.8 Å². The van der Waals surface area contributed by atoms with Gasteiger partial charge < -0.3 is 31.5 Å². The van der Waals surface area contributed by atoms with Crippen molar-refractivity contribution >= 4 is 63.4 Å². The maximum absolute atomic E-state index is 13.2. The Morgan fingerprint density at radius 3 is 2.85 bits per heavy atom. The van der Waals surface area contributed by atoms with Crippen LogP contribution in [0, 0.1) is 0 Å². The highest BCUT2D eigenvalue weighted by Gasteiger charge is 2.53. The molecule has 0 aromatic carbocycles. The molecule has 6 rings (SSSR count). The van der Waals surface area contributed by atoms with Gasteiger partial charge in [0.1, 0.15) is 24.1 Å². The molecular formula is C22H22N10O5S2. The molecule has 2 aliphatic heterocycles. The first-order valence-electron chi connectivity index (χ1n) is 12.0. The third kappa shape index (κ3) is 4.42. The number of carbonyl (C=O) groups excluding carboxylic acids is 3. The molecule has 2 atom stereocenters. The lowest BCUT2D eigenvalue weighted by Gasteiger charge is -2.50. The highest BCUT2D eigenvalue weighted by atomic mass is 32.2. The maximum atomic E-state index is 13.2. The molecule has 39 heavy (non-hydrogen) atoms. The average molecular weight is 571 g/mol. The summed E-state index contributed by atoms with van der Waals surface area (Å²) in [6.45, 7) is 0.155. The standard InChI is InChI=1S/C22H22N10O5S2/c23-12-8-30(13-5-2-6-25-32(12)13)7-10-9-38-20-15(19(34)31(20)16(10)21(35)36)26-18(33)14(17-27-22(24)39-29-17)28-37-11-3-1-4-11/h2,5-6,8,11,15,20H,1,3-4,7,9H2,(H5-,23,24,25,26,27,29,33,35,36)/b28-14-/t15-,20-/m1/s1. The normalized spacial score (nSPS) is 21.4. The van der Waals surface area contributed by atoms with E-state index in [-0.39, 0.29) is 40.8 Å². The van der Waals surface area contributed by atoms with Gasteiger partial charge in [0.25, 0.3) is 17.6 Å². The van der Waals surface area contributed by atoms with Crippen LogP contribution in [0.5, 0.6) is 0 Å². The van der Waals surface area contributed by atoms with Crippen LogP contribution in [0.15, 0.2) is 41.0 Å². The Morgan fingerprint density at radius 1 is 1.33 bits per heavy atom. The number of aliphatic carboxylic acids is 1. The largest absolute Gasteiger partial charge is 0.543 e. The third-order valence-corrected chi connectivity index (χ3v) is 8.54. The van der Waals surface area contributed by atoms with Crippen molar-refractivity contribution in [2.24, 2.45) is 5.16 Å². The summed E-state index contributed by atoms with van der Waals surface area (Å²) in [5.41, 5.74) is 12.4. The minimum absolute atomic E-state index is 0.0163. The van der Waals surface area contributed by atoms with Gasteiger partial charge in [-0.1, -0.05) is 14.8 Å². The molecule has 17 heteroatoms. The summed E-state index contributed by atoms with van der Waals surface area (Å²) < 4.78 is 7.32. The molecule has 0 spiro atoms. The average Bonchev–Trinajstić information content (AvgIpc) is 3.46. The predicted octanol–water partition coefficient (Wildman–Crippen LogP) is -1.98. The zero-order chi connectivity index (χ0) is 27.3. The number of carboxylic acids is 1. The van der Waals surface area contributed by atoms with E-state index >= 15 is 0 Å². The minimum Gasteiger partial charge on any atom is -0.543 e. The number of carbonyl (C=O) groups is 3. The number of amides is 2. The number of hydrogen-bond donors (Lipinski definition) is 3. The number of nitrogens with one attached hydrogen (secondary N) is 1. The number of carboxylic acid groups (broad SMARTS) is 1. The zero-order valence-electron chi connectivity index (χ0n) is 20.2. The number of hydrogen-bond acceptors (Lipinski definition) is 13. The Hall–Kier alpha value is -4.25. The van der Waals surface area contributed by atoms with Crippen LogP contribution in [0.2, 0.25) is 0 Å². The second-order valence-corrected chi connectivity index (χ2v) is 11.0. The molecule has 2 fully saturated rings. The van der Waals surface area contributed by atoms with Gasteiger partial charge in [0, 0.05) is 28.9 Å². The molecule has 1 aliphatic carbocycles. The molecule has 202 valence electrons. The second-order valence-electron chi connectivity index (χ2n) is 9.13. The van der Waals surface area contributed by atoms with E-state index in [0.717, 1.165) is 35.7 Å². The predicted molar refractivity (Wildman–Crippen MR) is 136 cm³/mol. The van der Waals surface area contributed by atoms with Gasteiger partial charge >= 0.3 is 5.65 Å². The Balaban J connectivity index is 1.22. The Morgan fingerprint density at radius 2 is 2.15 bits per heavy atom. The topological polar surface area (TPSA) is 210 Å². The molecule has 3 aromatic heterocycles. The Bertz CT molecular complexity index is 1560. The number of nitrogens with zero attached hydrogens (tertiary/aromatic N) is 7. The van der Waals surface area contributed by atoms with E-state index in [1.54, 1.807) is 29.1 Å². The molecule has 1 saturated carbocycles. The first-order valence-corrected chi connectivity index (χ1v) is 13.8. The summed E-state index contributed by atoms with van der Waals surface area (Å²) in [4.78, 5) is 49.1. The molecule has 0 radical (unpaired) electrons.